The van der Waals surface area contributed by atoms with Gasteiger partial charge < -0.3 is 15.7 Å². The molecule has 158 valence electrons. The predicted octanol–water partition coefficient (Wildman–Crippen LogP) is 3.59. The SMILES string of the molecule is O=C(NC(=S)Nc1ccccc1C(=O)NCCCO)c1ccc(-c2ccccc2)cc1. The zero-order valence-corrected chi connectivity index (χ0v) is 17.6. The van der Waals surface area contributed by atoms with E-state index in [1.54, 1.807) is 36.4 Å². The van der Waals surface area contributed by atoms with Crippen molar-refractivity contribution >= 4 is 34.8 Å². The molecule has 2 amide bonds. The molecule has 0 unspecified atom stereocenters. The van der Waals surface area contributed by atoms with Gasteiger partial charge in [-0.05, 0) is 54.0 Å². The van der Waals surface area contributed by atoms with Crippen LogP contribution >= 0.6 is 12.2 Å². The molecule has 0 atom stereocenters. The largest absolute Gasteiger partial charge is 0.396 e. The van der Waals surface area contributed by atoms with Crippen LogP contribution in [0.15, 0.2) is 78.9 Å². The first kappa shape index (κ1) is 22.1. The van der Waals surface area contributed by atoms with Gasteiger partial charge in [-0.3, -0.25) is 14.9 Å². The predicted molar refractivity (Wildman–Crippen MR) is 126 cm³/mol. The number of hydrogen-bond donors (Lipinski definition) is 4. The summed E-state index contributed by atoms with van der Waals surface area (Å²) in [4.78, 5) is 24.9. The van der Waals surface area contributed by atoms with Gasteiger partial charge in [0.05, 0.1) is 11.3 Å². The third kappa shape index (κ3) is 6.21. The van der Waals surface area contributed by atoms with Gasteiger partial charge in [0, 0.05) is 18.7 Å². The Morgan fingerprint density at radius 1 is 0.806 bits per heavy atom. The minimum atomic E-state index is -0.345. The van der Waals surface area contributed by atoms with Crippen molar-refractivity contribution in [2.24, 2.45) is 0 Å². The number of aliphatic hydroxyl groups excluding tert-OH is 1. The molecule has 0 fully saturated rings. The number of hydrogen-bond acceptors (Lipinski definition) is 4. The van der Waals surface area contributed by atoms with E-state index in [-0.39, 0.29) is 23.5 Å². The molecule has 3 rings (SSSR count). The standard InChI is InChI=1S/C24H23N3O3S/c28-16-6-15-25-23(30)20-9-4-5-10-21(20)26-24(31)27-22(29)19-13-11-18(12-14-19)17-7-2-1-3-8-17/h1-5,7-14,28H,6,15-16H2,(H,25,30)(H2,26,27,29,31). The zero-order chi connectivity index (χ0) is 22.1. The van der Waals surface area contributed by atoms with E-state index < -0.39 is 0 Å². The second kappa shape index (κ2) is 11.0. The van der Waals surface area contributed by atoms with E-state index in [4.69, 9.17) is 17.3 Å². The van der Waals surface area contributed by atoms with Crippen molar-refractivity contribution in [1.29, 1.82) is 0 Å². The molecule has 7 heteroatoms. The maximum atomic E-state index is 12.5. The summed E-state index contributed by atoms with van der Waals surface area (Å²) in [6.45, 7) is 0.368. The van der Waals surface area contributed by atoms with Crippen LogP contribution in [-0.2, 0) is 0 Å². The Bertz CT molecular complexity index is 1050. The molecule has 0 saturated heterocycles. The molecule has 31 heavy (non-hydrogen) atoms. The Morgan fingerprint density at radius 2 is 1.45 bits per heavy atom. The number of carbonyl (C=O) groups excluding carboxylic acids is 2. The van der Waals surface area contributed by atoms with E-state index >= 15 is 0 Å². The number of nitrogens with one attached hydrogen (secondary N) is 3. The highest BCUT2D eigenvalue weighted by molar-refractivity contribution is 7.80. The Balaban J connectivity index is 1.62. The van der Waals surface area contributed by atoms with Crippen LogP contribution in [0.4, 0.5) is 5.69 Å². The van der Waals surface area contributed by atoms with E-state index in [2.05, 4.69) is 16.0 Å². The summed E-state index contributed by atoms with van der Waals surface area (Å²) in [6, 6.07) is 24.0. The van der Waals surface area contributed by atoms with Gasteiger partial charge in [0.2, 0.25) is 0 Å². The summed E-state index contributed by atoms with van der Waals surface area (Å²) in [5.41, 5.74) is 3.43. The molecule has 0 aliphatic carbocycles. The van der Waals surface area contributed by atoms with Crippen LogP contribution in [0.2, 0.25) is 0 Å². The smallest absolute Gasteiger partial charge is 0.257 e. The van der Waals surface area contributed by atoms with Gasteiger partial charge in [-0.15, -0.1) is 0 Å². The summed E-state index contributed by atoms with van der Waals surface area (Å²) >= 11 is 5.26. The Morgan fingerprint density at radius 3 is 2.16 bits per heavy atom. The number of thiocarbonyl (C=S) groups is 1. The first-order valence-electron chi connectivity index (χ1n) is 9.84. The van der Waals surface area contributed by atoms with Gasteiger partial charge in [0.1, 0.15) is 0 Å². The fourth-order valence-corrected chi connectivity index (χ4v) is 3.14. The second-order valence-electron chi connectivity index (χ2n) is 6.73. The average molecular weight is 434 g/mol. The van der Waals surface area contributed by atoms with Crippen LogP contribution in [-0.4, -0.2) is 35.2 Å². The Kier molecular flexibility index (Phi) is 7.86. The number of para-hydroxylation sites is 1. The van der Waals surface area contributed by atoms with Crippen molar-refractivity contribution < 1.29 is 14.7 Å². The third-order valence-electron chi connectivity index (χ3n) is 4.52. The second-order valence-corrected chi connectivity index (χ2v) is 7.14. The summed E-state index contributed by atoms with van der Waals surface area (Å²) in [5, 5.41) is 17.2. The lowest BCUT2D eigenvalue weighted by Crippen LogP contribution is -2.35. The van der Waals surface area contributed by atoms with Gasteiger partial charge in [0.15, 0.2) is 5.11 Å². The maximum absolute atomic E-state index is 12.5. The van der Waals surface area contributed by atoms with Crippen LogP contribution in [0.25, 0.3) is 11.1 Å². The fourth-order valence-electron chi connectivity index (χ4n) is 2.94. The minimum Gasteiger partial charge on any atom is -0.396 e. The molecule has 0 radical (unpaired) electrons. The quantitative estimate of drug-likeness (QED) is 0.338. The molecular weight excluding hydrogens is 410 g/mol. The van der Waals surface area contributed by atoms with E-state index in [1.165, 1.54) is 0 Å². The van der Waals surface area contributed by atoms with Crippen molar-refractivity contribution in [2.75, 3.05) is 18.5 Å². The number of carbonyl (C=O) groups is 2. The number of rotatable bonds is 7. The Hall–Kier alpha value is -3.55. The first-order chi connectivity index (χ1) is 15.1. The lowest BCUT2D eigenvalue weighted by atomic mass is 10.0. The summed E-state index contributed by atoms with van der Waals surface area (Å²) in [6.07, 6.45) is 0.471. The minimum absolute atomic E-state index is 0.00260. The maximum Gasteiger partial charge on any atom is 0.257 e. The van der Waals surface area contributed by atoms with Gasteiger partial charge in [-0.2, -0.15) is 0 Å². The molecule has 3 aromatic rings. The molecule has 4 N–H and O–H groups in total. The highest BCUT2D eigenvalue weighted by Crippen LogP contribution is 2.19. The molecule has 0 heterocycles. The number of amides is 2. The first-order valence-corrected chi connectivity index (χ1v) is 10.2. The van der Waals surface area contributed by atoms with Crippen LogP contribution in [0, 0.1) is 0 Å². The van der Waals surface area contributed by atoms with E-state index in [9.17, 15) is 9.59 Å². The van der Waals surface area contributed by atoms with E-state index in [0.717, 1.165) is 11.1 Å². The van der Waals surface area contributed by atoms with Crippen LogP contribution in [0.3, 0.4) is 0 Å². The van der Waals surface area contributed by atoms with Crippen molar-refractivity contribution in [1.82, 2.24) is 10.6 Å². The van der Waals surface area contributed by atoms with Crippen LogP contribution in [0.5, 0.6) is 0 Å². The number of benzene rings is 3. The molecule has 0 aliphatic rings. The number of aliphatic hydroxyl groups is 1. The van der Waals surface area contributed by atoms with Gasteiger partial charge in [-0.25, -0.2) is 0 Å². The van der Waals surface area contributed by atoms with Crippen molar-refractivity contribution in [3.8, 4) is 11.1 Å². The summed E-state index contributed by atoms with van der Waals surface area (Å²) in [7, 11) is 0. The molecule has 0 bridgehead atoms. The van der Waals surface area contributed by atoms with Crippen molar-refractivity contribution in [3.05, 3.63) is 90.0 Å². The third-order valence-corrected chi connectivity index (χ3v) is 4.73. The Labute approximate surface area is 186 Å². The topological polar surface area (TPSA) is 90.5 Å². The lowest BCUT2D eigenvalue weighted by Gasteiger charge is -2.13. The fraction of sp³-hybridized carbons (Fsp3) is 0.125. The summed E-state index contributed by atoms with van der Waals surface area (Å²) < 4.78 is 0. The molecule has 0 saturated carbocycles. The molecule has 0 aliphatic heterocycles. The monoisotopic (exact) mass is 433 g/mol. The lowest BCUT2D eigenvalue weighted by molar-refractivity contribution is 0.0950. The van der Waals surface area contributed by atoms with Crippen molar-refractivity contribution in [3.63, 3.8) is 0 Å². The molecule has 0 spiro atoms. The van der Waals surface area contributed by atoms with Gasteiger partial charge >= 0.3 is 0 Å². The zero-order valence-electron chi connectivity index (χ0n) is 16.8. The van der Waals surface area contributed by atoms with Crippen LogP contribution < -0.4 is 16.0 Å². The highest BCUT2D eigenvalue weighted by Gasteiger charge is 2.13. The van der Waals surface area contributed by atoms with Crippen LogP contribution in [0.1, 0.15) is 27.1 Å². The van der Waals surface area contributed by atoms with Crippen molar-refractivity contribution in [2.45, 2.75) is 6.42 Å². The average Bonchev–Trinajstić information content (AvgIpc) is 2.80. The molecule has 6 nitrogen and oxygen atoms in total. The summed E-state index contributed by atoms with van der Waals surface area (Å²) in [5.74, 6) is -0.635. The molecule has 0 aromatic heterocycles. The highest BCUT2D eigenvalue weighted by atomic mass is 32.1. The van der Waals surface area contributed by atoms with Gasteiger partial charge in [0.25, 0.3) is 11.8 Å². The van der Waals surface area contributed by atoms with E-state index in [1.807, 2.05) is 42.5 Å². The number of anilines is 1. The molecular formula is C24H23N3O3S. The van der Waals surface area contributed by atoms with Gasteiger partial charge in [-0.1, -0.05) is 54.6 Å². The normalized spacial score (nSPS) is 10.2. The van der Waals surface area contributed by atoms with E-state index in [0.29, 0.717) is 29.8 Å². The molecule has 3 aromatic carbocycles.